The molecule has 2 rings (SSSR count). The summed E-state index contributed by atoms with van der Waals surface area (Å²) in [5.74, 6) is 2.12. The summed E-state index contributed by atoms with van der Waals surface area (Å²) in [4.78, 5) is 14.1. The third-order valence-corrected chi connectivity index (χ3v) is 3.44. The first kappa shape index (κ1) is 9.53. The Hall–Kier alpha value is -1.02. The number of carbonyl (C=O) groups is 1. The third-order valence-electron chi connectivity index (χ3n) is 3.44. The summed E-state index contributed by atoms with van der Waals surface area (Å²) in [7, 11) is 0. The van der Waals surface area contributed by atoms with Crippen molar-refractivity contribution in [3.63, 3.8) is 0 Å². The van der Waals surface area contributed by atoms with Crippen LogP contribution in [0.25, 0.3) is 10.4 Å². The SMILES string of the molecule is [N-]=[N+]=NCC1C[C@H]2CC(=O)C[C@@H](C1)C2. The molecule has 0 heterocycles. The predicted molar refractivity (Wildman–Crippen MR) is 52.6 cm³/mol. The second-order valence-electron chi connectivity index (χ2n) is 4.67. The molecule has 0 aliphatic heterocycles. The van der Waals surface area contributed by atoms with E-state index in [4.69, 9.17) is 5.53 Å². The fourth-order valence-electron chi connectivity index (χ4n) is 3.06. The van der Waals surface area contributed by atoms with Gasteiger partial charge in [-0.1, -0.05) is 5.11 Å². The van der Waals surface area contributed by atoms with Gasteiger partial charge in [-0.3, -0.25) is 4.79 Å². The highest BCUT2D eigenvalue weighted by atomic mass is 16.1. The van der Waals surface area contributed by atoms with Gasteiger partial charge in [0, 0.05) is 24.3 Å². The minimum atomic E-state index is 0.438. The van der Waals surface area contributed by atoms with Gasteiger partial charge in [0.05, 0.1) is 0 Å². The van der Waals surface area contributed by atoms with Gasteiger partial charge in [0.2, 0.25) is 0 Å². The van der Waals surface area contributed by atoms with E-state index in [1.54, 1.807) is 0 Å². The maximum Gasteiger partial charge on any atom is 0.133 e. The summed E-state index contributed by atoms with van der Waals surface area (Å²) in [5, 5.41) is 3.64. The van der Waals surface area contributed by atoms with Crippen molar-refractivity contribution in [1.82, 2.24) is 0 Å². The highest BCUT2D eigenvalue weighted by molar-refractivity contribution is 5.79. The van der Waals surface area contributed by atoms with Crippen LogP contribution in [0.15, 0.2) is 5.11 Å². The molecule has 0 spiro atoms. The number of ketones is 1. The standard InChI is InChI=1S/C10H15N3O/c11-13-12-6-9-2-7-1-8(3-9)5-10(14)4-7/h7-9H,1-6H2/t7-,8+,9?. The molecule has 1 unspecified atom stereocenters. The summed E-state index contributed by atoms with van der Waals surface area (Å²) in [5.41, 5.74) is 8.25. The quantitative estimate of drug-likeness (QED) is 0.377. The molecule has 2 fully saturated rings. The third kappa shape index (κ3) is 2.07. The maximum atomic E-state index is 11.3. The molecular weight excluding hydrogens is 178 g/mol. The van der Waals surface area contributed by atoms with E-state index in [0.29, 0.717) is 30.1 Å². The Balaban J connectivity index is 1.94. The molecular formula is C10H15N3O. The summed E-state index contributed by atoms with van der Waals surface area (Å²) < 4.78 is 0. The number of hydrogen-bond donors (Lipinski definition) is 0. The Morgan fingerprint density at radius 3 is 2.50 bits per heavy atom. The largest absolute Gasteiger partial charge is 0.300 e. The van der Waals surface area contributed by atoms with Crippen molar-refractivity contribution in [1.29, 1.82) is 0 Å². The van der Waals surface area contributed by atoms with Crippen molar-refractivity contribution in [2.24, 2.45) is 22.9 Å². The molecule has 0 aromatic heterocycles. The second kappa shape index (κ2) is 4.01. The van der Waals surface area contributed by atoms with E-state index >= 15 is 0 Å². The molecule has 4 nitrogen and oxygen atoms in total. The number of fused-ring (bicyclic) bond motifs is 2. The van der Waals surface area contributed by atoms with Gasteiger partial charge in [-0.25, -0.2) is 0 Å². The lowest BCUT2D eigenvalue weighted by atomic mass is 9.68. The molecule has 2 aliphatic rings. The van der Waals surface area contributed by atoms with Crippen LogP contribution in [0.4, 0.5) is 0 Å². The van der Waals surface area contributed by atoms with Gasteiger partial charge in [-0.05, 0) is 42.5 Å². The van der Waals surface area contributed by atoms with Crippen LogP contribution in [0.5, 0.6) is 0 Å². The van der Waals surface area contributed by atoms with Crippen LogP contribution in [0.2, 0.25) is 0 Å². The van der Waals surface area contributed by atoms with E-state index < -0.39 is 0 Å². The van der Waals surface area contributed by atoms with E-state index in [0.717, 1.165) is 25.7 Å². The number of hydrogen-bond acceptors (Lipinski definition) is 2. The van der Waals surface area contributed by atoms with Gasteiger partial charge < -0.3 is 0 Å². The molecule has 0 N–H and O–H groups in total. The van der Waals surface area contributed by atoms with Crippen molar-refractivity contribution >= 4 is 5.78 Å². The van der Waals surface area contributed by atoms with Crippen molar-refractivity contribution in [2.45, 2.75) is 32.1 Å². The summed E-state index contributed by atoms with van der Waals surface area (Å²) in [6.07, 6.45) is 4.92. The molecule has 3 atom stereocenters. The molecule has 0 aromatic carbocycles. The monoisotopic (exact) mass is 193 g/mol. The number of Topliss-reactive ketones (excluding diaryl/α,β-unsaturated/α-hetero) is 1. The number of carbonyl (C=O) groups excluding carboxylic acids is 1. The van der Waals surface area contributed by atoms with Crippen molar-refractivity contribution in [2.75, 3.05) is 6.54 Å². The van der Waals surface area contributed by atoms with E-state index in [1.807, 2.05) is 0 Å². The van der Waals surface area contributed by atoms with Crippen molar-refractivity contribution in [3.05, 3.63) is 10.4 Å². The first-order chi connectivity index (χ1) is 6.78. The second-order valence-corrected chi connectivity index (χ2v) is 4.67. The van der Waals surface area contributed by atoms with Gasteiger partial charge in [0.1, 0.15) is 5.78 Å². The van der Waals surface area contributed by atoms with Crippen molar-refractivity contribution < 1.29 is 4.79 Å². The molecule has 14 heavy (non-hydrogen) atoms. The van der Waals surface area contributed by atoms with Crippen molar-refractivity contribution in [3.8, 4) is 0 Å². The van der Waals surface area contributed by atoms with E-state index in [1.165, 1.54) is 6.42 Å². The first-order valence-corrected chi connectivity index (χ1v) is 5.30. The lowest BCUT2D eigenvalue weighted by Crippen LogP contribution is -2.32. The first-order valence-electron chi connectivity index (χ1n) is 5.30. The molecule has 2 saturated carbocycles. The summed E-state index contributed by atoms with van der Waals surface area (Å²) in [6.45, 7) is 0.623. The molecule has 2 aliphatic carbocycles. The Morgan fingerprint density at radius 1 is 1.29 bits per heavy atom. The zero-order valence-corrected chi connectivity index (χ0v) is 8.22. The molecule has 2 bridgehead atoms. The van der Waals surface area contributed by atoms with Gasteiger partial charge in [-0.15, -0.1) is 0 Å². The molecule has 4 heteroatoms. The zero-order chi connectivity index (χ0) is 9.97. The average molecular weight is 193 g/mol. The lowest BCUT2D eigenvalue weighted by Gasteiger charge is -2.37. The van der Waals surface area contributed by atoms with Crippen LogP contribution < -0.4 is 0 Å². The Kier molecular flexibility index (Phi) is 2.73. The van der Waals surface area contributed by atoms with E-state index in [2.05, 4.69) is 10.0 Å². The minimum Gasteiger partial charge on any atom is -0.300 e. The fourth-order valence-corrected chi connectivity index (χ4v) is 3.06. The van der Waals surface area contributed by atoms with Crippen LogP contribution in [0, 0.1) is 17.8 Å². The van der Waals surface area contributed by atoms with Crippen LogP contribution >= 0.6 is 0 Å². The summed E-state index contributed by atoms with van der Waals surface area (Å²) >= 11 is 0. The maximum absolute atomic E-state index is 11.3. The van der Waals surface area contributed by atoms with Gasteiger partial charge in [0.15, 0.2) is 0 Å². The Labute approximate surface area is 83.3 Å². The van der Waals surface area contributed by atoms with Gasteiger partial charge in [-0.2, -0.15) is 0 Å². The van der Waals surface area contributed by atoms with Crippen LogP contribution in [-0.2, 0) is 4.79 Å². The topological polar surface area (TPSA) is 65.8 Å². The number of nitrogens with zero attached hydrogens (tertiary/aromatic N) is 3. The number of rotatable bonds is 2. The number of azide groups is 1. The van der Waals surface area contributed by atoms with Crippen LogP contribution in [0.3, 0.4) is 0 Å². The van der Waals surface area contributed by atoms with Crippen LogP contribution in [0.1, 0.15) is 32.1 Å². The fraction of sp³-hybridized carbons (Fsp3) is 0.900. The zero-order valence-electron chi connectivity index (χ0n) is 8.22. The highest BCUT2D eigenvalue weighted by Gasteiger charge is 2.34. The highest BCUT2D eigenvalue weighted by Crippen LogP contribution is 2.41. The minimum absolute atomic E-state index is 0.438. The Bertz CT molecular complexity index is 267. The normalized spacial score (nSPS) is 36.3. The molecule has 0 aromatic rings. The molecule has 76 valence electrons. The summed E-state index contributed by atoms with van der Waals surface area (Å²) in [6, 6.07) is 0. The molecule has 0 saturated heterocycles. The van der Waals surface area contributed by atoms with E-state index in [-0.39, 0.29) is 0 Å². The molecule has 0 radical (unpaired) electrons. The van der Waals surface area contributed by atoms with Crippen LogP contribution in [-0.4, -0.2) is 12.3 Å². The predicted octanol–water partition coefficient (Wildman–Crippen LogP) is 2.69. The average Bonchev–Trinajstić information content (AvgIpc) is 2.12. The smallest absolute Gasteiger partial charge is 0.133 e. The Morgan fingerprint density at radius 2 is 1.93 bits per heavy atom. The van der Waals surface area contributed by atoms with Gasteiger partial charge >= 0.3 is 0 Å². The van der Waals surface area contributed by atoms with E-state index in [9.17, 15) is 4.79 Å². The lowest BCUT2D eigenvalue weighted by molar-refractivity contribution is -0.124. The molecule has 0 amide bonds. The van der Waals surface area contributed by atoms with Gasteiger partial charge in [0.25, 0.3) is 0 Å².